The number of nitrogens with zero attached hydrogens (tertiary/aromatic N) is 5. The number of aromatic nitrogens is 4. The maximum atomic E-state index is 10.6. The van der Waals surface area contributed by atoms with E-state index in [0.29, 0.717) is 11.3 Å². The first-order valence-electron chi connectivity index (χ1n) is 5.54. The summed E-state index contributed by atoms with van der Waals surface area (Å²) >= 11 is 3.15. The van der Waals surface area contributed by atoms with Crippen molar-refractivity contribution in [1.82, 2.24) is 19.7 Å². The zero-order chi connectivity index (χ0) is 13.8. The first kappa shape index (κ1) is 13.4. The van der Waals surface area contributed by atoms with Crippen LogP contribution in [-0.4, -0.2) is 31.2 Å². The van der Waals surface area contributed by atoms with Gasteiger partial charge in [0.15, 0.2) is 0 Å². The topological polar surface area (TPSA) is 98.8 Å². The van der Waals surface area contributed by atoms with Gasteiger partial charge in [0.2, 0.25) is 0 Å². The molecule has 0 aliphatic heterocycles. The largest absolute Gasteiger partial charge is 0.492 e. The molecule has 2 aromatic heterocycles. The summed E-state index contributed by atoms with van der Waals surface area (Å²) in [7, 11) is 0. The van der Waals surface area contributed by atoms with Crippen LogP contribution < -0.4 is 5.32 Å². The highest BCUT2D eigenvalue weighted by molar-refractivity contribution is 9.10. The number of nitro groups is 1. The molecule has 0 aliphatic rings. The summed E-state index contributed by atoms with van der Waals surface area (Å²) in [6.45, 7) is 3.05. The summed E-state index contributed by atoms with van der Waals surface area (Å²) in [6, 6.07) is 3.68. The standard InChI is InChI=1S/C10H11BrN6O2/c1-2-12-8-7(4-3-5-13-8)6-16-9(11)14-10(15-16)17(18)19/h3-5H,2,6H2,1H3,(H,12,13). The Balaban J connectivity index is 2.28. The van der Waals surface area contributed by atoms with E-state index >= 15 is 0 Å². The van der Waals surface area contributed by atoms with Gasteiger partial charge < -0.3 is 15.4 Å². The molecule has 0 aromatic carbocycles. The van der Waals surface area contributed by atoms with Crippen LogP contribution in [0, 0.1) is 10.1 Å². The minimum atomic E-state index is -0.629. The first-order valence-corrected chi connectivity index (χ1v) is 6.33. The lowest BCUT2D eigenvalue weighted by Crippen LogP contribution is -2.08. The molecule has 0 bridgehead atoms. The number of pyridine rings is 1. The Morgan fingerprint density at radius 3 is 3.00 bits per heavy atom. The summed E-state index contributed by atoms with van der Waals surface area (Å²) in [5.41, 5.74) is 0.879. The van der Waals surface area contributed by atoms with E-state index in [1.54, 1.807) is 12.3 Å². The Bertz CT molecular complexity index is 599. The van der Waals surface area contributed by atoms with E-state index in [1.165, 1.54) is 4.68 Å². The molecule has 2 heterocycles. The van der Waals surface area contributed by atoms with Gasteiger partial charge in [0.05, 0.1) is 6.54 Å². The molecule has 0 aliphatic carbocycles. The molecule has 0 saturated carbocycles. The van der Waals surface area contributed by atoms with Crippen molar-refractivity contribution in [3.8, 4) is 0 Å². The molecule has 0 fully saturated rings. The Morgan fingerprint density at radius 1 is 1.58 bits per heavy atom. The van der Waals surface area contributed by atoms with Crippen molar-refractivity contribution in [3.63, 3.8) is 0 Å². The predicted molar refractivity (Wildman–Crippen MR) is 71.9 cm³/mol. The molecule has 0 amide bonds. The SMILES string of the molecule is CCNc1ncccc1Cn1nc([N+](=O)[O-])nc1Br. The molecule has 8 nitrogen and oxygen atoms in total. The molecule has 100 valence electrons. The molecule has 0 atom stereocenters. The van der Waals surface area contributed by atoms with Crippen LogP contribution in [0.2, 0.25) is 0 Å². The number of nitrogens with one attached hydrogen (secondary N) is 1. The van der Waals surface area contributed by atoms with E-state index < -0.39 is 10.9 Å². The van der Waals surface area contributed by atoms with Gasteiger partial charge in [-0.05, 0) is 22.9 Å². The van der Waals surface area contributed by atoms with E-state index in [1.807, 2.05) is 13.0 Å². The van der Waals surface area contributed by atoms with Gasteiger partial charge in [0.1, 0.15) is 5.82 Å². The van der Waals surface area contributed by atoms with Gasteiger partial charge in [-0.1, -0.05) is 6.07 Å². The molecule has 9 heteroatoms. The van der Waals surface area contributed by atoms with Crippen molar-refractivity contribution in [2.75, 3.05) is 11.9 Å². The van der Waals surface area contributed by atoms with Crippen LogP contribution in [0.3, 0.4) is 0 Å². The van der Waals surface area contributed by atoms with E-state index in [-0.39, 0.29) is 0 Å². The third-order valence-corrected chi connectivity index (χ3v) is 2.92. The van der Waals surface area contributed by atoms with Gasteiger partial charge in [-0.3, -0.25) is 0 Å². The third-order valence-electron chi connectivity index (χ3n) is 2.33. The van der Waals surface area contributed by atoms with Crippen molar-refractivity contribution >= 4 is 27.7 Å². The number of halogens is 1. The molecule has 0 unspecified atom stereocenters. The zero-order valence-corrected chi connectivity index (χ0v) is 11.7. The molecule has 1 N–H and O–H groups in total. The molecule has 2 rings (SSSR count). The summed E-state index contributed by atoms with van der Waals surface area (Å²) in [5.74, 6) is 0.302. The van der Waals surface area contributed by atoms with Crippen molar-refractivity contribution in [2.24, 2.45) is 0 Å². The van der Waals surface area contributed by atoms with Gasteiger partial charge in [-0.15, -0.1) is 0 Å². The van der Waals surface area contributed by atoms with E-state index in [4.69, 9.17) is 0 Å². The monoisotopic (exact) mass is 326 g/mol. The lowest BCUT2D eigenvalue weighted by Gasteiger charge is -2.07. The van der Waals surface area contributed by atoms with E-state index in [9.17, 15) is 10.1 Å². The van der Waals surface area contributed by atoms with Crippen molar-refractivity contribution < 1.29 is 4.92 Å². The maximum Gasteiger partial charge on any atom is 0.492 e. The minimum absolute atomic E-state index is 0.311. The number of anilines is 1. The fourth-order valence-electron chi connectivity index (χ4n) is 1.54. The van der Waals surface area contributed by atoms with Gasteiger partial charge >= 0.3 is 5.95 Å². The third kappa shape index (κ3) is 3.05. The number of hydrogen-bond donors (Lipinski definition) is 1. The van der Waals surface area contributed by atoms with Gasteiger partial charge in [-0.25, -0.2) is 4.98 Å². The summed E-state index contributed by atoms with van der Waals surface area (Å²) < 4.78 is 1.72. The average molecular weight is 327 g/mol. The normalized spacial score (nSPS) is 10.4. The highest BCUT2D eigenvalue weighted by atomic mass is 79.9. The van der Waals surface area contributed by atoms with Gasteiger partial charge in [0, 0.05) is 39.3 Å². The molecule has 0 radical (unpaired) electrons. The van der Waals surface area contributed by atoms with Gasteiger partial charge in [0.25, 0.3) is 4.73 Å². The Morgan fingerprint density at radius 2 is 2.37 bits per heavy atom. The lowest BCUT2D eigenvalue weighted by atomic mass is 10.2. The Labute approximate surface area is 117 Å². The Kier molecular flexibility index (Phi) is 4.05. The maximum absolute atomic E-state index is 10.6. The lowest BCUT2D eigenvalue weighted by molar-refractivity contribution is -0.394. The van der Waals surface area contributed by atoms with Gasteiger partial charge in [-0.2, -0.15) is 4.68 Å². The highest BCUT2D eigenvalue weighted by Crippen LogP contribution is 2.17. The highest BCUT2D eigenvalue weighted by Gasteiger charge is 2.20. The smallest absolute Gasteiger partial charge is 0.390 e. The fourth-order valence-corrected chi connectivity index (χ4v) is 1.91. The summed E-state index contributed by atoms with van der Waals surface area (Å²) in [5, 5.41) is 17.5. The van der Waals surface area contributed by atoms with Crippen LogP contribution in [0.1, 0.15) is 12.5 Å². The number of rotatable bonds is 5. The summed E-state index contributed by atoms with van der Waals surface area (Å²) in [6.07, 6.45) is 1.68. The minimum Gasteiger partial charge on any atom is -0.390 e. The van der Waals surface area contributed by atoms with Crippen molar-refractivity contribution in [3.05, 3.63) is 38.7 Å². The molecule has 0 saturated heterocycles. The second-order valence-corrected chi connectivity index (χ2v) is 4.35. The second kappa shape index (κ2) is 5.74. The van der Waals surface area contributed by atoms with Crippen LogP contribution in [0.5, 0.6) is 0 Å². The molecular weight excluding hydrogens is 316 g/mol. The second-order valence-electron chi connectivity index (χ2n) is 3.64. The number of hydrogen-bond acceptors (Lipinski definition) is 6. The Hall–Kier alpha value is -2.03. The zero-order valence-electron chi connectivity index (χ0n) is 10.1. The fraction of sp³-hybridized carbons (Fsp3) is 0.300. The average Bonchev–Trinajstić information content (AvgIpc) is 2.74. The van der Waals surface area contributed by atoms with Crippen molar-refractivity contribution in [2.45, 2.75) is 13.5 Å². The molecular formula is C10H11BrN6O2. The first-order chi connectivity index (χ1) is 9.11. The van der Waals surface area contributed by atoms with E-state index in [0.717, 1.165) is 17.9 Å². The quantitative estimate of drug-likeness (QED) is 0.664. The van der Waals surface area contributed by atoms with Crippen LogP contribution in [0.25, 0.3) is 0 Å². The van der Waals surface area contributed by atoms with Crippen LogP contribution in [0.4, 0.5) is 11.8 Å². The van der Waals surface area contributed by atoms with Crippen LogP contribution >= 0.6 is 15.9 Å². The molecule has 2 aromatic rings. The van der Waals surface area contributed by atoms with Crippen LogP contribution in [-0.2, 0) is 6.54 Å². The predicted octanol–water partition coefficient (Wildman–Crippen LogP) is 1.82. The summed E-state index contributed by atoms with van der Waals surface area (Å²) in [4.78, 5) is 17.9. The molecule has 0 spiro atoms. The molecule has 19 heavy (non-hydrogen) atoms. The van der Waals surface area contributed by atoms with E-state index in [2.05, 4.69) is 36.3 Å². The van der Waals surface area contributed by atoms with Crippen molar-refractivity contribution in [1.29, 1.82) is 0 Å². The van der Waals surface area contributed by atoms with Crippen LogP contribution in [0.15, 0.2) is 23.1 Å².